The minimum Gasteiger partial charge on any atom is -0.392 e. The molecule has 0 unspecified atom stereocenters. The molecule has 1 fully saturated rings. The van der Waals surface area contributed by atoms with Crippen molar-refractivity contribution >= 4 is 28.8 Å². The van der Waals surface area contributed by atoms with Crippen molar-refractivity contribution in [2.75, 3.05) is 6.54 Å². The van der Waals surface area contributed by atoms with Gasteiger partial charge in [-0.3, -0.25) is 4.79 Å². The van der Waals surface area contributed by atoms with Gasteiger partial charge in [0.25, 0.3) is 0 Å². The van der Waals surface area contributed by atoms with Gasteiger partial charge in [0, 0.05) is 17.1 Å². The summed E-state index contributed by atoms with van der Waals surface area (Å²) in [5, 5.41) is 17.2. The number of aromatic nitrogens is 1. The number of amides is 1. The maximum atomic E-state index is 12.3. The monoisotopic (exact) mass is 365 g/mol. The standard InChI is InChI=1S/C17H20ClN3O2S/c1-9(20-16(23)14-7-13(22)8-19-14)15-10(2)21-17(24-15)11-3-5-12(18)6-4-11/h3-6,9,13-14,19,22H,7-8H2,1-2H3,(H,20,23)/t9-,13+,14+/m0/s1. The molecule has 5 nitrogen and oxygen atoms in total. The maximum Gasteiger partial charge on any atom is 0.237 e. The number of nitrogens with zero attached hydrogens (tertiary/aromatic N) is 1. The summed E-state index contributed by atoms with van der Waals surface area (Å²) in [5.41, 5.74) is 1.93. The summed E-state index contributed by atoms with van der Waals surface area (Å²) in [5.74, 6) is -0.0834. The van der Waals surface area contributed by atoms with Crippen LogP contribution in [0.4, 0.5) is 0 Å². The van der Waals surface area contributed by atoms with Crippen LogP contribution in [0, 0.1) is 6.92 Å². The van der Waals surface area contributed by atoms with E-state index in [0.29, 0.717) is 18.0 Å². The second-order valence-corrected chi connectivity index (χ2v) is 7.52. The Balaban J connectivity index is 1.72. The zero-order valence-corrected chi connectivity index (χ0v) is 15.1. The maximum absolute atomic E-state index is 12.3. The summed E-state index contributed by atoms with van der Waals surface area (Å²) in [6, 6.07) is 7.11. The van der Waals surface area contributed by atoms with E-state index in [2.05, 4.69) is 15.6 Å². The number of aliphatic hydroxyl groups is 1. The summed E-state index contributed by atoms with van der Waals surface area (Å²) in [6.45, 7) is 4.37. The van der Waals surface area contributed by atoms with Crippen molar-refractivity contribution < 1.29 is 9.90 Å². The van der Waals surface area contributed by atoms with E-state index in [1.54, 1.807) is 11.3 Å². The Hall–Kier alpha value is -1.47. The van der Waals surface area contributed by atoms with E-state index in [1.807, 2.05) is 38.1 Å². The molecule has 1 aromatic carbocycles. The van der Waals surface area contributed by atoms with Crippen LogP contribution in [0.25, 0.3) is 10.6 Å². The SMILES string of the molecule is Cc1nc(-c2ccc(Cl)cc2)sc1[C@H](C)NC(=O)[C@H]1C[C@@H](O)CN1. The second-order valence-electron chi connectivity index (χ2n) is 6.06. The van der Waals surface area contributed by atoms with E-state index in [9.17, 15) is 9.90 Å². The van der Waals surface area contributed by atoms with E-state index in [0.717, 1.165) is 21.1 Å². The van der Waals surface area contributed by atoms with Crippen LogP contribution in [0.1, 0.15) is 30.0 Å². The fraction of sp³-hybridized carbons (Fsp3) is 0.412. The van der Waals surface area contributed by atoms with Crippen LogP contribution in [0.5, 0.6) is 0 Å². The lowest BCUT2D eigenvalue weighted by Gasteiger charge is -2.16. The molecule has 1 aliphatic rings. The molecule has 0 saturated carbocycles. The lowest BCUT2D eigenvalue weighted by molar-refractivity contribution is -0.123. The van der Waals surface area contributed by atoms with Crippen LogP contribution < -0.4 is 10.6 Å². The minimum absolute atomic E-state index is 0.0834. The Bertz CT molecular complexity index is 732. The zero-order chi connectivity index (χ0) is 17.3. The van der Waals surface area contributed by atoms with Gasteiger partial charge in [-0.1, -0.05) is 23.7 Å². The average Bonchev–Trinajstić information content (AvgIpc) is 3.14. The first-order chi connectivity index (χ1) is 11.4. The molecule has 1 aliphatic heterocycles. The van der Waals surface area contributed by atoms with Crippen LogP contribution in [-0.4, -0.2) is 34.7 Å². The van der Waals surface area contributed by atoms with Crippen LogP contribution in [0.2, 0.25) is 5.02 Å². The van der Waals surface area contributed by atoms with Gasteiger partial charge in [-0.25, -0.2) is 4.98 Å². The van der Waals surface area contributed by atoms with Crippen LogP contribution in [0.3, 0.4) is 0 Å². The number of hydrogen-bond acceptors (Lipinski definition) is 5. The third-order valence-electron chi connectivity index (χ3n) is 4.10. The van der Waals surface area contributed by atoms with Crippen LogP contribution in [-0.2, 0) is 4.79 Å². The van der Waals surface area contributed by atoms with Crippen molar-refractivity contribution in [2.24, 2.45) is 0 Å². The molecule has 3 rings (SSSR count). The predicted molar refractivity (Wildman–Crippen MR) is 96.3 cm³/mol. The number of aliphatic hydroxyl groups excluding tert-OH is 1. The van der Waals surface area contributed by atoms with Gasteiger partial charge in [0.05, 0.1) is 28.8 Å². The number of carbonyl (C=O) groups excluding carboxylic acids is 1. The van der Waals surface area contributed by atoms with E-state index >= 15 is 0 Å². The highest BCUT2D eigenvalue weighted by atomic mass is 35.5. The fourth-order valence-corrected chi connectivity index (χ4v) is 4.02. The molecule has 3 N–H and O–H groups in total. The first-order valence-electron chi connectivity index (χ1n) is 7.89. The van der Waals surface area contributed by atoms with Crippen LogP contribution >= 0.6 is 22.9 Å². The number of β-amino-alcohol motifs (C(OH)–C–C–N with tert-alkyl or cyclic N) is 1. The molecule has 2 heterocycles. The average molecular weight is 366 g/mol. The third-order valence-corrected chi connectivity index (χ3v) is 5.74. The van der Waals surface area contributed by atoms with E-state index in [1.165, 1.54) is 0 Å². The van der Waals surface area contributed by atoms with Crippen molar-refractivity contribution in [3.05, 3.63) is 39.9 Å². The first kappa shape index (κ1) is 17.4. The number of hydrogen-bond donors (Lipinski definition) is 3. The summed E-state index contributed by atoms with van der Waals surface area (Å²) in [4.78, 5) is 17.9. The Morgan fingerprint density at radius 2 is 2.17 bits per heavy atom. The Labute approximate surface area is 150 Å². The highest BCUT2D eigenvalue weighted by molar-refractivity contribution is 7.15. The van der Waals surface area contributed by atoms with Crippen LogP contribution in [0.15, 0.2) is 24.3 Å². The number of rotatable bonds is 4. The Morgan fingerprint density at radius 3 is 2.79 bits per heavy atom. The topological polar surface area (TPSA) is 74.2 Å². The van der Waals surface area contributed by atoms with Crippen molar-refractivity contribution in [3.8, 4) is 10.6 Å². The van der Waals surface area contributed by atoms with E-state index in [-0.39, 0.29) is 18.0 Å². The number of aryl methyl sites for hydroxylation is 1. The zero-order valence-electron chi connectivity index (χ0n) is 13.5. The fourth-order valence-electron chi connectivity index (χ4n) is 2.82. The third kappa shape index (κ3) is 3.78. The molecule has 1 aromatic heterocycles. The highest BCUT2D eigenvalue weighted by Gasteiger charge is 2.29. The van der Waals surface area contributed by atoms with Gasteiger partial charge in [0.2, 0.25) is 5.91 Å². The number of thiazole rings is 1. The van der Waals surface area contributed by atoms with E-state index in [4.69, 9.17) is 11.6 Å². The van der Waals surface area contributed by atoms with Gasteiger partial charge in [0.1, 0.15) is 5.01 Å². The molecule has 2 aromatic rings. The summed E-state index contributed by atoms with van der Waals surface area (Å²) >= 11 is 7.50. The van der Waals surface area contributed by atoms with Gasteiger partial charge in [-0.05, 0) is 32.4 Å². The highest BCUT2D eigenvalue weighted by Crippen LogP contribution is 2.32. The molecule has 128 valence electrons. The second kappa shape index (κ2) is 7.19. The molecule has 1 saturated heterocycles. The number of halogens is 1. The van der Waals surface area contributed by atoms with Gasteiger partial charge in [0.15, 0.2) is 0 Å². The van der Waals surface area contributed by atoms with Crippen molar-refractivity contribution in [2.45, 2.75) is 38.5 Å². The number of nitrogens with one attached hydrogen (secondary N) is 2. The quantitative estimate of drug-likeness (QED) is 0.778. The largest absolute Gasteiger partial charge is 0.392 e. The van der Waals surface area contributed by atoms with Crippen molar-refractivity contribution in [3.63, 3.8) is 0 Å². The van der Waals surface area contributed by atoms with Crippen molar-refractivity contribution in [1.29, 1.82) is 0 Å². The van der Waals surface area contributed by atoms with Gasteiger partial charge >= 0.3 is 0 Å². The molecule has 7 heteroatoms. The van der Waals surface area contributed by atoms with Gasteiger partial charge in [-0.15, -0.1) is 11.3 Å². The molecule has 0 bridgehead atoms. The predicted octanol–water partition coefficient (Wildman–Crippen LogP) is 2.67. The summed E-state index contributed by atoms with van der Waals surface area (Å²) < 4.78 is 0. The van der Waals surface area contributed by atoms with E-state index < -0.39 is 6.10 Å². The Kier molecular flexibility index (Phi) is 5.20. The summed E-state index contributed by atoms with van der Waals surface area (Å²) in [7, 11) is 0. The number of carbonyl (C=O) groups is 1. The molecule has 0 spiro atoms. The molecular weight excluding hydrogens is 346 g/mol. The molecular formula is C17H20ClN3O2S. The van der Waals surface area contributed by atoms with Gasteiger partial charge < -0.3 is 15.7 Å². The van der Waals surface area contributed by atoms with Gasteiger partial charge in [-0.2, -0.15) is 0 Å². The minimum atomic E-state index is -0.447. The lowest BCUT2D eigenvalue weighted by Crippen LogP contribution is -2.41. The molecule has 1 amide bonds. The molecule has 3 atom stereocenters. The van der Waals surface area contributed by atoms with Crippen molar-refractivity contribution in [1.82, 2.24) is 15.6 Å². The summed E-state index contributed by atoms with van der Waals surface area (Å²) in [6.07, 6.45) is 0.00804. The number of benzene rings is 1. The first-order valence-corrected chi connectivity index (χ1v) is 9.08. The normalized spacial score (nSPS) is 21.7. The molecule has 0 aliphatic carbocycles. The lowest BCUT2D eigenvalue weighted by atomic mass is 10.1. The smallest absolute Gasteiger partial charge is 0.237 e. The molecule has 24 heavy (non-hydrogen) atoms. The Morgan fingerprint density at radius 1 is 1.46 bits per heavy atom. The molecule has 0 radical (unpaired) electrons.